The molecule has 0 aliphatic heterocycles. The Morgan fingerprint density at radius 3 is 2.17 bits per heavy atom. The van der Waals surface area contributed by atoms with Gasteiger partial charge in [0.2, 0.25) is 0 Å². The summed E-state index contributed by atoms with van der Waals surface area (Å²) in [4.78, 5) is 0. The molecule has 0 radical (unpaired) electrons. The van der Waals surface area contributed by atoms with Gasteiger partial charge in [-0.15, -0.1) is 0 Å². The van der Waals surface area contributed by atoms with Crippen molar-refractivity contribution in [1.82, 2.24) is 0 Å². The summed E-state index contributed by atoms with van der Waals surface area (Å²) in [5, 5.41) is 0. The van der Waals surface area contributed by atoms with Gasteiger partial charge in [-0.1, -0.05) is 19.9 Å². The van der Waals surface area contributed by atoms with E-state index >= 15 is 0 Å². The summed E-state index contributed by atoms with van der Waals surface area (Å²) in [6.45, 7) is 10.7. The van der Waals surface area contributed by atoms with E-state index < -0.39 is 0 Å². The average molecular weight is 283 g/mol. The number of nitrogens with zero attached hydrogens (tertiary/aromatic N) is 1. The van der Waals surface area contributed by atoms with Gasteiger partial charge >= 0.3 is 0 Å². The topological polar surface area (TPSA) is 0 Å². The van der Waals surface area contributed by atoms with Crippen LogP contribution in [0, 0.1) is 0 Å². The summed E-state index contributed by atoms with van der Waals surface area (Å²) < 4.78 is 1.09. The van der Waals surface area contributed by atoms with Gasteiger partial charge in [0.05, 0.1) is 27.2 Å². The van der Waals surface area contributed by atoms with Crippen molar-refractivity contribution in [3.8, 4) is 0 Å². The van der Waals surface area contributed by atoms with Gasteiger partial charge in [-0.05, 0) is 18.9 Å². The minimum Gasteiger partial charge on any atom is -1.00 e. The Morgan fingerprint density at radius 1 is 1.33 bits per heavy atom. The van der Waals surface area contributed by atoms with Crippen molar-refractivity contribution < 1.29 is 28.5 Å². The third kappa shape index (κ3) is 8.53. The molecule has 0 rings (SSSR count). The first-order valence-corrected chi connectivity index (χ1v) is 4.44. The molecular weight excluding hydrogens is 261 g/mol. The van der Waals surface area contributed by atoms with Crippen LogP contribution < -0.4 is 24.0 Å². The van der Waals surface area contributed by atoms with Crippen molar-refractivity contribution >= 4 is 0 Å². The molecule has 0 aliphatic rings. The summed E-state index contributed by atoms with van der Waals surface area (Å²) in [5.74, 6) is 0. The zero-order valence-corrected chi connectivity index (χ0v) is 11.0. The van der Waals surface area contributed by atoms with Crippen LogP contribution in [0.1, 0.15) is 26.7 Å². The lowest BCUT2D eigenvalue weighted by molar-refractivity contribution is -0.885. The Labute approximate surface area is 94.4 Å². The maximum Gasteiger partial charge on any atom is 0.0993 e. The lowest BCUT2D eigenvalue weighted by Crippen LogP contribution is -3.00. The first kappa shape index (κ1) is 14.9. The van der Waals surface area contributed by atoms with Crippen molar-refractivity contribution in [2.75, 3.05) is 27.2 Å². The van der Waals surface area contributed by atoms with Gasteiger partial charge in [0, 0.05) is 0 Å². The lowest BCUT2D eigenvalue weighted by atomic mass is 10.2. The highest BCUT2D eigenvalue weighted by Crippen LogP contribution is 2.04. The highest BCUT2D eigenvalue weighted by Gasteiger charge is 2.12. The quantitative estimate of drug-likeness (QED) is 0.361. The van der Waals surface area contributed by atoms with Crippen LogP contribution in [0.5, 0.6) is 0 Å². The summed E-state index contributed by atoms with van der Waals surface area (Å²) >= 11 is 0. The monoisotopic (exact) mass is 283 g/mol. The first-order chi connectivity index (χ1) is 4.98. The van der Waals surface area contributed by atoms with E-state index in [9.17, 15) is 0 Å². The molecule has 0 unspecified atom stereocenters. The molecule has 0 aliphatic carbocycles. The summed E-state index contributed by atoms with van der Waals surface area (Å²) in [5.41, 5.74) is 1.28. The van der Waals surface area contributed by atoms with Crippen LogP contribution in [0.2, 0.25) is 0 Å². The average Bonchev–Trinajstić information content (AvgIpc) is 1.81. The maximum absolute atomic E-state index is 3.93. The van der Waals surface area contributed by atoms with Gasteiger partial charge in [-0.25, -0.2) is 0 Å². The molecule has 0 amide bonds. The lowest BCUT2D eigenvalue weighted by Gasteiger charge is -2.29. The molecule has 0 aromatic carbocycles. The van der Waals surface area contributed by atoms with E-state index in [1.807, 2.05) is 0 Å². The summed E-state index contributed by atoms with van der Waals surface area (Å²) in [6, 6.07) is 0. The molecule has 0 fully saturated rings. The van der Waals surface area contributed by atoms with Crippen molar-refractivity contribution in [3.05, 3.63) is 12.2 Å². The summed E-state index contributed by atoms with van der Waals surface area (Å²) in [6.07, 6.45) is 2.61. The van der Waals surface area contributed by atoms with Gasteiger partial charge in [-0.3, -0.25) is 0 Å². The molecule has 1 nitrogen and oxygen atoms in total. The zero-order chi connectivity index (χ0) is 8.91. The second-order valence-electron chi connectivity index (χ2n) is 4.13. The number of likely N-dealkylation sites (N-methyl/N-ethyl adjacent to an activating group) is 1. The highest BCUT2D eigenvalue weighted by molar-refractivity contribution is 4.87. The molecule has 0 saturated carbocycles. The normalized spacial score (nSPS) is 10.7. The SMILES string of the molecule is C=C(C)C[N+](C)(C)CCCC.[I-]. The van der Waals surface area contributed by atoms with Crippen molar-refractivity contribution in [3.63, 3.8) is 0 Å². The fourth-order valence-corrected chi connectivity index (χ4v) is 1.40. The van der Waals surface area contributed by atoms with Crippen molar-refractivity contribution in [1.29, 1.82) is 0 Å². The molecule has 0 aromatic rings. The Morgan fingerprint density at radius 2 is 1.83 bits per heavy atom. The van der Waals surface area contributed by atoms with Gasteiger partial charge < -0.3 is 28.5 Å². The molecule has 0 spiro atoms. The predicted octanol–water partition coefficient (Wildman–Crippen LogP) is -0.557. The third-order valence-corrected chi connectivity index (χ3v) is 1.81. The van der Waals surface area contributed by atoms with E-state index in [4.69, 9.17) is 0 Å². The van der Waals surface area contributed by atoms with Crippen LogP contribution in [0.3, 0.4) is 0 Å². The third-order valence-electron chi connectivity index (χ3n) is 1.81. The van der Waals surface area contributed by atoms with Crippen LogP contribution in [-0.4, -0.2) is 31.7 Å². The molecule has 0 atom stereocenters. The van der Waals surface area contributed by atoms with E-state index in [1.165, 1.54) is 25.0 Å². The van der Waals surface area contributed by atoms with Crippen molar-refractivity contribution in [2.45, 2.75) is 26.7 Å². The minimum atomic E-state index is 0. The first-order valence-electron chi connectivity index (χ1n) is 4.44. The van der Waals surface area contributed by atoms with Crippen molar-refractivity contribution in [2.24, 2.45) is 0 Å². The second-order valence-corrected chi connectivity index (χ2v) is 4.13. The van der Waals surface area contributed by atoms with Crippen LogP contribution in [0.4, 0.5) is 0 Å². The standard InChI is InChI=1S/C10H22N.HI/c1-6-7-8-11(4,5)9-10(2)3;/h2,6-9H2,1,3-5H3;1H/q+1;/p-1. The molecule has 12 heavy (non-hydrogen) atoms. The van der Waals surface area contributed by atoms with Crippen LogP contribution in [0.15, 0.2) is 12.2 Å². The van der Waals surface area contributed by atoms with Crippen LogP contribution >= 0.6 is 0 Å². The molecule has 0 heterocycles. The number of quaternary nitrogens is 1. The Bertz CT molecular complexity index is 130. The zero-order valence-electron chi connectivity index (χ0n) is 8.86. The van der Waals surface area contributed by atoms with E-state index in [-0.39, 0.29) is 24.0 Å². The van der Waals surface area contributed by atoms with Crippen LogP contribution in [-0.2, 0) is 0 Å². The van der Waals surface area contributed by atoms with Gasteiger partial charge in [0.15, 0.2) is 0 Å². The van der Waals surface area contributed by atoms with E-state index in [0.717, 1.165) is 11.0 Å². The number of hydrogen-bond acceptors (Lipinski definition) is 0. The number of halogens is 1. The van der Waals surface area contributed by atoms with Crippen LogP contribution in [0.25, 0.3) is 0 Å². The number of unbranched alkanes of at least 4 members (excludes halogenated alkanes) is 1. The van der Waals surface area contributed by atoms with E-state index in [0.29, 0.717) is 0 Å². The van der Waals surface area contributed by atoms with Gasteiger partial charge in [0.25, 0.3) is 0 Å². The highest BCUT2D eigenvalue weighted by atomic mass is 127. The molecule has 0 saturated heterocycles. The van der Waals surface area contributed by atoms with E-state index in [2.05, 4.69) is 34.5 Å². The number of hydrogen-bond donors (Lipinski definition) is 0. The molecule has 0 aromatic heterocycles. The molecule has 2 heteroatoms. The Kier molecular flexibility index (Phi) is 8.58. The second kappa shape index (κ2) is 6.89. The van der Waals surface area contributed by atoms with Gasteiger partial charge in [0.1, 0.15) is 0 Å². The molecule has 0 N–H and O–H groups in total. The Hall–Kier alpha value is 0.430. The minimum absolute atomic E-state index is 0. The fourth-order valence-electron chi connectivity index (χ4n) is 1.40. The molecule has 74 valence electrons. The smallest absolute Gasteiger partial charge is 0.0993 e. The predicted molar refractivity (Wildman–Crippen MR) is 51.6 cm³/mol. The summed E-state index contributed by atoms with van der Waals surface area (Å²) in [7, 11) is 4.54. The van der Waals surface area contributed by atoms with Gasteiger partial charge in [-0.2, -0.15) is 0 Å². The van der Waals surface area contributed by atoms with E-state index in [1.54, 1.807) is 0 Å². The Balaban J connectivity index is 0. The number of rotatable bonds is 5. The molecule has 0 bridgehead atoms. The molecular formula is C10H22IN. The fraction of sp³-hybridized carbons (Fsp3) is 0.800. The maximum atomic E-state index is 3.93. The largest absolute Gasteiger partial charge is 1.00 e.